The van der Waals surface area contributed by atoms with Crippen molar-refractivity contribution < 1.29 is 29.0 Å². The molecule has 8 heteroatoms. The molecule has 1 atom stereocenters. The standard InChI is InChI=1S/C12H14N2O6/c1-13-9(15)5(7(19-3)11(13)17)6-8(20-4)12(18)14(2)10(6)16/h11,17H,1-4H3/t11-/m1/s1. The molecule has 2 rings (SSSR count). The van der Waals surface area contributed by atoms with Gasteiger partial charge in [0.2, 0.25) is 0 Å². The number of ether oxygens (including phenoxy) is 2. The normalized spacial score (nSPS) is 23.4. The maximum atomic E-state index is 12.1. The van der Waals surface area contributed by atoms with Gasteiger partial charge in [-0.3, -0.25) is 19.3 Å². The predicted octanol–water partition coefficient (Wildman–Crippen LogP) is -1.42. The third-order valence-electron chi connectivity index (χ3n) is 3.30. The monoisotopic (exact) mass is 282 g/mol. The van der Waals surface area contributed by atoms with Crippen LogP contribution in [0, 0.1) is 0 Å². The molecule has 2 heterocycles. The minimum atomic E-state index is -1.30. The maximum absolute atomic E-state index is 12.1. The minimum Gasteiger partial charge on any atom is -0.495 e. The van der Waals surface area contributed by atoms with E-state index in [9.17, 15) is 19.5 Å². The van der Waals surface area contributed by atoms with Gasteiger partial charge in [-0.05, 0) is 0 Å². The summed E-state index contributed by atoms with van der Waals surface area (Å²) in [6.07, 6.45) is -1.30. The second kappa shape index (κ2) is 4.64. The first kappa shape index (κ1) is 14.1. The highest BCUT2D eigenvalue weighted by Gasteiger charge is 2.47. The first-order chi connectivity index (χ1) is 9.36. The van der Waals surface area contributed by atoms with Gasteiger partial charge >= 0.3 is 0 Å². The number of aliphatic hydroxyl groups is 1. The van der Waals surface area contributed by atoms with Crippen LogP contribution in [0.4, 0.5) is 0 Å². The van der Waals surface area contributed by atoms with E-state index in [2.05, 4.69) is 0 Å². The topological polar surface area (TPSA) is 96.4 Å². The van der Waals surface area contributed by atoms with Crippen molar-refractivity contribution in [3.8, 4) is 0 Å². The van der Waals surface area contributed by atoms with Gasteiger partial charge in [-0.15, -0.1) is 0 Å². The average molecular weight is 282 g/mol. The lowest BCUT2D eigenvalue weighted by Gasteiger charge is -2.15. The Kier molecular flexibility index (Phi) is 3.26. The van der Waals surface area contributed by atoms with Gasteiger partial charge in [-0.25, -0.2) is 0 Å². The maximum Gasteiger partial charge on any atom is 0.296 e. The summed E-state index contributed by atoms with van der Waals surface area (Å²) in [4.78, 5) is 38.0. The van der Waals surface area contributed by atoms with Crippen LogP contribution in [0.5, 0.6) is 0 Å². The smallest absolute Gasteiger partial charge is 0.296 e. The molecular formula is C12H14N2O6. The van der Waals surface area contributed by atoms with Gasteiger partial charge in [-0.2, -0.15) is 0 Å². The highest BCUT2D eigenvalue weighted by molar-refractivity contribution is 6.25. The van der Waals surface area contributed by atoms with Crippen LogP contribution in [0.15, 0.2) is 22.7 Å². The lowest BCUT2D eigenvalue weighted by molar-refractivity contribution is -0.137. The number of rotatable bonds is 3. The van der Waals surface area contributed by atoms with E-state index in [4.69, 9.17) is 9.47 Å². The summed E-state index contributed by atoms with van der Waals surface area (Å²) in [5.41, 5.74) is -0.340. The number of hydrogen-bond acceptors (Lipinski definition) is 6. The van der Waals surface area contributed by atoms with Crippen LogP contribution in [0.3, 0.4) is 0 Å². The molecule has 20 heavy (non-hydrogen) atoms. The Morgan fingerprint density at radius 3 is 2.05 bits per heavy atom. The molecule has 0 aromatic rings. The summed E-state index contributed by atoms with van der Waals surface area (Å²) in [7, 11) is 5.13. The van der Waals surface area contributed by atoms with Crippen molar-refractivity contribution in [2.24, 2.45) is 0 Å². The summed E-state index contributed by atoms with van der Waals surface area (Å²) in [6.45, 7) is 0. The molecule has 0 aliphatic carbocycles. The van der Waals surface area contributed by atoms with Crippen molar-refractivity contribution in [1.82, 2.24) is 9.80 Å². The fourth-order valence-corrected chi connectivity index (χ4v) is 2.16. The van der Waals surface area contributed by atoms with Crippen LogP contribution in [0.2, 0.25) is 0 Å². The van der Waals surface area contributed by atoms with Gasteiger partial charge in [-0.1, -0.05) is 0 Å². The average Bonchev–Trinajstić information content (AvgIpc) is 2.78. The van der Waals surface area contributed by atoms with Crippen LogP contribution in [0.1, 0.15) is 0 Å². The van der Waals surface area contributed by atoms with E-state index in [1.165, 1.54) is 28.3 Å². The molecule has 2 aliphatic rings. The van der Waals surface area contributed by atoms with Crippen molar-refractivity contribution in [2.75, 3.05) is 28.3 Å². The van der Waals surface area contributed by atoms with E-state index in [-0.39, 0.29) is 22.7 Å². The van der Waals surface area contributed by atoms with Gasteiger partial charge in [0, 0.05) is 14.1 Å². The third-order valence-corrected chi connectivity index (χ3v) is 3.30. The second-order valence-corrected chi connectivity index (χ2v) is 4.31. The van der Waals surface area contributed by atoms with Crippen molar-refractivity contribution in [3.05, 3.63) is 22.7 Å². The number of nitrogens with zero attached hydrogens (tertiary/aromatic N) is 2. The van der Waals surface area contributed by atoms with E-state index in [1.54, 1.807) is 0 Å². The van der Waals surface area contributed by atoms with Crippen LogP contribution in [-0.4, -0.2) is 67.2 Å². The zero-order valence-electron chi connectivity index (χ0n) is 11.5. The molecule has 0 bridgehead atoms. The lowest BCUT2D eigenvalue weighted by atomic mass is 10.1. The van der Waals surface area contributed by atoms with Crippen molar-refractivity contribution in [2.45, 2.75) is 6.23 Å². The number of carbonyl (C=O) groups excluding carboxylic acids is 3. The third kappa shape index (κ3) is 1.61. The van der Waals surface area contributed by atoms with E-state index in [1.807, 2.05) is 0 Å². The predicted molar refractivity (Wildman–Crippen MR) is 64.6 cm³/mol. The fourth-order valence-electron chi connectivity index (χ4n) is 2.16. The molecule has 0 aromatic carbocycles. The zero-order valence-corrected chi connectivity index (χ0v) is 11.5. The van der Waals surface area contributed by atoms with Gasteiger partial charge in [0.25, 0.3) is 17.7 Å². The van der Waals surface area contributed by atoms with E-state index >= 15 is 0 Å². The summed E-state index contributed by atoms with van der Waals surface area (Å²) >= 11 is 0. The Morgan fingerprint density at radius 1 is 0.950 bits per heavy atom. The molecule has 0 saturated carbocycles. The number of methoxy groups -OCH3 is 2. The molecule has 0 spiro atoms. The SMILES string of the molecule is COC1=C(C2=C(OC)[C@@H](O)N(C)C2=O)C(=O)N(C)C1=O. The summed E-state index contributed by atoms with van der Waals surface area (Å²) < 4.78 is 9.92. The number of hydrogen-bond donors (Lipinski definition) is 1. The van der Waals surface area contributed by atoms with Crippen molar-refractivity contribution >= 4 is 17.7 Å². The Labute approximate surface area is 114 Å². The van der Waals surface area contributed by atoms with Crippen molar-refractivity contribution in [1.29, 1.82) is 0 Å². The molecule has 108 valence electrons. The number of carbonyl (C=O) groups is 3. The first-order valence-electron chi connectivity index (χ1n) is 5.71. The Morgan fingerprint density at radius 2 is 1.55 bits per heavy atom. The van der Waals surface area contributed by atoms with Gasteiger partial charge in [0.15, 0.2) is 17.7 Å². The molecule has 8 nitrogen and oxygen atoms in total. The largest absolute Gasteiger partial charge is 0.495 e. The molecule has 3 amide bonds. The quantitative estimate of drug-likeness (QED) is 0.638. The fraction of sp³-hybridized carbons (Fsp3) is 0.417. The van der Waals surface area contributed by atoms with Crippen LogP contribution < -0.4 is 0 Å². The van der Waals surface area contributed by atoms with Gasteiger partial charge in [0.05, 0.1) is 19.8 Å². The summed E-state index contributed by atoms with van der Waals surface area (Å²) in [5.74, 6) is -2.26. The summed E-state index contributed by atoms with van der Waals surface area (Å²) in [6, 6.07) is 0. The number of likely N-dealkylation sites (N-methyl/N-ethyl adjacent to an activating group) is 2. The van der Waals surface area contributed by atoms with E-state index in [0.717, 1.165) is 9.80 Å². The van der Waals surface area contributed by atoms with E-state index in [0.29, 0.717) is 0 Å². The van der Waals surface area contributed by atoms with Crippen LogP contribution in [0.25, 0.3) is 0 Å². The Bertz CT molecular complexity index is 576. The molecule has 0 fully saturated rings. The molecule has 2 aliphatic heterocycles. The Hall–Kier alpha value is -2.35. The van der Waals surface area contributed by atoms with E-state index < -0.39 is 23.9 Å². The van der Waals surface area contributed by atoms with Crippen LogP contribution >= 0.6 is 0 Å². The number of amides is 3. The molecule has 1 N–H and O–H groups in total. The van der Waals surface area contributed by atoms with Gasteiger partial charge < -0.3 is 19.5 Å². The zero-order chi connectivity index (χ0) is 15.2. The molecule has 0 unspecified atom stereocenters. The summed E-state index contributed by atoms with van der Waals surface area (Å²) in [5, 5.41) is 9.88. The minimum absolute atomic E-state index is 0.0847. The first-order valence-corrected chi connectivity index (χ1v) is 5.71. The molecule has 0 aromatic heterocycles. The number of imide groups is 1. The highest BCUT2D eigenvalue weighted by atomic mass is 16.5. The molecule has 0 radical (unpaired) electrons. The number of aliphatic hydroxyl groups excluding tert-OH is 1. The highest BCUT2D eigenvalue weighted by Crippen LogP contribution is 2.34. The molecular weight excluding hydrogens is 268 g/mol. The lowest BCUT2D eigenvalue weighted by Crippen LogP contribution is -2.32. The Balaban J connectivity index is 2.68. The van der Waals surface area contributed by atoms with Gasteiger partial charge in [0.1, 0.15) is 5.57 Å². The van der Waals surface area contributed by atoms with Crippen LogP contribution in [-0.2, 0) is 23.9 Å². The molecule has 0 saturated heterocycles. The van der Waals surface area contributed by atoms with Crippen molar-refractivity contribution in [3.63, 3.8) is 0 Å². The second-order valence-electron chi connectivity index (χ2n) is 4.31.